The van der Waals surface area contributed by atoms with E-state index in [0.29, 0.717) is 12.0 Å². The van der Waals surface area contributed by atoms with Crippen molar-refractivity contribution in [1.82, 2.24) is 4.90 Å². The van der Waals surface area contributed by atoms with Gasteiger partial charge in [-0.3, -0.25) is 9.69 Å². The van der Waals surface area contributed by atoms with Crippen LogP contribution in [0, 0.1) is 11.8 Å². The molecule has 3 atom stereocenters. The van der Waals surface area contributed by atoms with Crippen LogP contribution in [0.25, 0.3) is 0 Å². The van der Waals surface area contributed by atoms with Crippen molar-refractivity contribution < 1.29 is 9.90 Å². The normalized spacial score (nSPS) is 39.3. The maximum Gasteiger partial charge on any atom is 0.324 e. The number of aliphatic carboxylic acids is 1. The number of hydrogen-bond acceptors (Lipinski definition) is 2. The van der Waals surface area contributed by atoms with E-state index in [-0.39, 0.29) is 0 Å². The molecule has 2 aliphatic carbocycles. The fraction of sp³-hybridized carbons (Fsp3) is 0.917. The van der Waals surface area contributed by atoms with Gasteiger partial charge in [-0.2, -0.15) is 0 Å². The molecule has 0 aromatic carbocycles. The largest absolute Gasteiger partial charge is 0.480 e. The topological polar surface area (TPSA) is 40.5 Å². The van der Waals surface area contributed by atoms with Crippen LogP contribution in [0.15, 0.2) is 0 Å². The molecule has 0 aromatic heterocycles. The number of carboxylic acids is 1. The van der Waals surface area contributed by atoms with Gasteiger partial charge in [0.25, 0.3) is 0 Å². The number of likely N-dealkylation sites (tertiary alicyclic amines) is 1. The van der Waals surface area contributed by atoms with Gasteiger partial charge in [0.05, 0.1) is 0 Å². The summed E-state index contributed by atoms with van der Waals surface area (Å²) >= 11 is 0. The summed E-state index contributed by atoms with van der Waals surface area (Å²) in [5, 5.41) is 9.49. The Bertz CT molecular complexity index is 300. The lowest BCUT2D eigenvalue weighted by Gasteiger charge is -2.41. The number of rotatable bonds is 3. The minimum atomic E-state index is -0.599. The van der Waals surface area contributed by atoms with Crippen LogP contribution < -0.4 is 0 Å². The molecule has 1 N–H and O–H groups in total. The monoisotopic (exact) mass is 209 g/mol. The highest BCUT2D eigenvalue weighted by Crippen LogP contribution is 2.49. The fourth-order valence-electron chi connectivity index (χ4n) is 3.67. The minimum absolute atomic E-state index is 0.411. The zero-order chi connectivity index (χ0) is 10.6. The van der Waals surface area contributed by atoms with Gasteiger partial charge in [0, 0.05) is 12.6 Å². The minimum Gasteiger partial charge on any atom is -0.480 e. The van der Waals surface area contributed by atoms with Crippen LogP contribution in [0.3, 0.4) is 0 Å². The molecule has 1 saturated heterocycles. The molecule has 0 aromatic rings. The van der Waals surface area contributed by atoms with Gasteiger partial charge in [-0.25, -0.2) is 0 Å². The Morgan fingerprint density at radius 1 is 1.33 bits per heavy atom. The van der Waals surface area contributed by atoms with Crippen molar-refractivity contribution in [3.63, 3.8) is 0 Å². The molecule has 0 spiro atoms. The molecule has 3 nitrogen and oxygen atoms in total. The van der Waals surface area contributed by atoms with Crippen molar-refractivity contribution in [2.75, 3.05) is 6.54 Å². The van der Waals surface area contributed by atoms with E-state index in [1.807, 2.05) is 6.92 Å². The van der Waals surface area contributed by atoms with Crippen LogP contribution >= 0.6 is 0 Å². The van der Waals surface area contributed by atoms with E-state index in [0.717, 1.165) is 25.3 Å². The Labute approximate surface area is 90.5 Å². The van der Waals surface area contributed by atoms with Crippen LogP contribution in [0.4, 0.5) is 0 Å². The van der Waals surface area contributed by atoms with E-state index in [1.54, 1.807) is 0 Å². The fourth-order valence-corrected chi connectivity index (χ4v) is 3.67. The second-order valence-corrected chi connectivity index (χ2v) is 5.71. The molecule has 3 fully saturated rings. The standard InChI is InChI=1S/C12H19NO2/c1-12(11(14)15,9-3-4-9)13-7-8-2-5-10(13)6-8/h8-10H,2-7H2,1H3,(H,14,15). The second kappa shape index (κ2) is 2.97. The summed E-state index contributed by atoms with van der Waals surface area (Å²) in [6.07, 6.45) is 6.00. The zero-order valence-corrected chi connectivity index (χ0v) is 9.28. The lowest BCUT2D eigenvalue weighted by Crippen LogP contribution is -2.57. The summed E-state index contributed by atoms with van der Waals surface area (Å²) in [4.78, 5) is 13.8. The molecular weight excluding hydrogens is 190 g/mol. The van der Waals surface area contributed by atoms with Gasteiger partial charge in [-0.1, -0.05) is 0 Å². The molecular formula is C12H19NO2. The molecule has 2 bridgehead atoms. The Morgan fingerprint density at radius 2 is 2.07 bits per heavy atom. The van der Waals surface area contributed by atoms with Crippen molar-refractivity contribution in [2.24, 2.45) is 11.8 Å². The van der Waals surface area contributed by atoms with Gasteiger partial charge >= 0.3 is 5.97 Å². The van der Waals surface area contributed by atoms with Crippen LogP contribution in [-0.2, 0) is 4.79 Å². The first-order chi connectivity index (χ1) is 7.12. The van der Waals surface area contributed by atoms with Crippen molar-refractivity contribution in [3.8, 4) is 0 Å². The van der Waals surface area contributed by atoms with Gasteiger partial charge in [-0.15, -0.1) is 0 Å². The Balaban J connectivity index is 1.86. The summed E-state index contributed by atoms with van der Waals surface area (Å²) in [6, 6.07) is 0.566. The van der Waals surface area contributed by atoms with Crippen LogP contribution in [0.2, 0.25) is 0 Å². The van der Waals surface area contributed by atoms with Gasteiger partial charge in [0.15, 0.2) is 0 Å². The number of carbonyl (C=O) groups is 1. The first-order valence-corrected chi connectivity index (χ1v) is 6.12. The molecule has 0 radical (unpaired) electrons. The van der Waals surface area contributed by atoms with Gasteiger partial charge < -0.3 is 5.11 Å². The highest BCUT2D eigenvalue weighted by molar-refractivity contribution is 5.79. The van der Waals surface area contributed by atoms with Crippen LogP contribution in [-0.4, -0.2) is 34.1 Å². The maximum absolute atomic E-state index is 11.5. The van der Waals surface area contributed by atoms with Crippen LogP contribution in [0.5, 0.6) is 0 Å². The first kappa shape index (κ1) is 9.64. The van der Waals surface area contributed by atoms with Crippen molar-refractivity contribution in [3.05, 3.63) is 0 Å². The number of fused-ring (bicyclic) bond motifs is 2. The van der Waals surface area contributed by atoms with E-state index in [1.165, 1.54) is 19.3 Å². The maximum atomic E-state index is 11.5. The summed E-state index contributed by atoms with van der Waals surface area (Å²) in [6.45, 7) is 2.98. The average molecular weight is 209 g/mol. The molecule has 3 heteroatoms. The number of carboxylic acid groups (broad SMARTS) is 1. The molecule has 3 aliphatic rings. The predicted octanol–water partition coefficient (Wildman–Crippen LogP) is 1.72. The highest BCUT2D eigenvalue weighted by Gasteiger charge is 2.56. The Kier molecular flexibility index (Phi) is 1.91. The summed E-state index contributed by atoms with van der Waals surface area (Å²) < 4.78 is 0. The van der Waals surface area contributed by atoms with Gasteiger partial charge in [0.2, 0.25) is 0 Å². The Hall–Kier alpha value is -0.570. The van der Waals surface area contributed by atoms with Gasteiger partial charge in [-0.05, 0) is 50.9 Å². The lowest BCUT2D eigenvalue weighted by molar-refractivity contribution is -0.153. The number of hydrogen-bond donors (Lipinski definition) is 1. The quantitative estimate of drug-likeness (QED) is 0.769. The highest BCUT2D eigenvalue weighted by atomic mass is 16.4. The Morgan fingerprint density at radius 3 is 2.47 bits per heavy atom. The number of piperidine rings is 1. The smallest absolute Gasteiger partial charge is 0.324 e. The summed E-state index contributed by atoms with van der Waals surface area (Å²) in [5.41, 5.74) is -0.556. The van der Waals surface area contributed by atoms with E-state index < -0.39 is 11.5 Å². The summed E-state index contributed by atoms with van der Waals surface area (Å²) in [5.74, 6) is 0.597. The molecule has 3 unspecified atom stereocenters. The van der Waals surface area contributed by atoms with E-state index in [4.69, 9.17) is 0 Å². The molecule has 15 heavy (non-hydrogen) atoms. The predicted molar refractivity (Wildman–Crippen MR) is 56.6 cm³/mol. The SMILES string of the molecule is CC(C(=O)O)(C1CC1)N1CC2CCC1C2. The third kappa shape index (κ3) is 1.25. The average Bonchev–Trinajstić information content (AvgIpc) is 2.86. The van der Waals surface area contributed by atoms with E-state index in [9.17, 15) is 9.90 Å². The van der Waals surface area contributed by atoms with Crippen molar-refractivity contribution >= 4 is 5.97 Å². The zero-order valence-electron chi connectivity index (χ0n) is 9.28. The number of nitrogens with zero attached hydrogens (tertiary/aromatic N) is 1. The molecule has 3 rings (SSSR count). The molecule has 84 valence electrons. The van der Waals surface area contributed by atoms with E-state index in [2.05, 4.69) is 4.90 Å². The molecule has 0 amide bonds. The molecule has 1 heterocycles. The molecule has 2 saturated carbocycles. The summed E-state index contributed by atoms with van der Waals surface area (Å²) in [7, 11) is 0. The lowest BCUT2D eigenvalue weighted by atomic mass is 9.91. The third-order valence-electron chi connectivity index (χ3n) is 4.81. The van der Waals surface area contributed by atoms with Crippen molar-refractivity contribution in [1.29, 1.82) is 0 Å². The van der Waals surface area contributed by atoms with Gasteiger partial charge in [0.1, 0.15) is 5.54 Å². The van der Waals surface area contributed by atoms with Crippen molar-refractivity contribution in [2.45, 2.75) is 50.6 Å². The third-order valence-corrected chi connectivity index (χ3v) is 4.81. The molecule has 1 aliphatic heterocycles. The van der Waals surface area contributed by atoms with Crippen LogP contribution in [0.1, 0.15) is 39.0 Å². The van der Waals surface area contributed by atoms with E-state index >= 15 is 0 Å². The first-order valence-electron chi connectivity index (χ1n) is 6.12. The second-order valence-electron chi connectivity index (χ2n) is 5.71.